The van der Waals surface area contributed by atoms with Crippen LogP contribution in [0.15, 0.2) is 35.2 Å². The van der Waals surface area contributed by atoms with Crippen molar-refractivity contribution in [1.82, 2.24) is 8.87 Å². The van der Waals surface area contributed by atoms with E-state index < -0.39 is 16.0 Å². The molecule has 9 heteroatoms. The topological polar surface area (TPSA) is 94.9 Å². The van der Waals surface area contributed by atoms with Crippen molar-refractivity contribution < 1.29 is 27.5 Å². The van der Waals surface area contributed by atoms with Gasteiger partial charge >= 0.3 is 5.97 Å². The molecule has 0 N–H and O–H groups in total. The van der Waals surface area contributed by atoms with Gasteiger partial charge in [0, 0.05) is 37.1 Å². The lowest BCUT2D eigenvalue weighted by Crippen LogP contribution is -2.40. The van der Waals surface area contributed by atoms with Crippen molar-refractivity contribution in [2.24, 2.45) is 7.05 Å². The Kier molecular flexibility index (Phi) is 6.21. The normalized spacial score (nSPS) is 15.3. The van der Waals surface area contributed by atoms with Crippen molar-refractivity contribution >= 4 is 21.8 Å². The molecule has 1 saturated heterocycles. The van der Waals surface area contributed by atoms with Gasteiger partial charge in [-0.3, -0.25) is 4.79 Å². The van der Waals surface area contributed by atoms with Crippen LogP contribution in [0.3, 0.4) is 0 Å². The fraction of sp³-hybridized carbons (Fsp3) is 0.400. The predicted octanol–water partition coefficient (Wildman–Crippen LogP) is 1.70. The van der Waals surface area contributed by atoms with E-state index in [1.165, 1.54) is 28.6 Å². The van der Waals surface area contributed by atoms with Gasteiger partial charge in [-0.2, -0.15) is 4.31 Å². The lowest BCUT2D eigenvalue weighted by Gasteiger charge is -2.26. The van der Waals surface area contributed by atoms with Gasteiger partial charge in [0.05, 0.1) is 23.7 Å². The summed E-state index contributed by atoms with van der Waals surface area (Å²) in [4.78, 5) is 24.7. The maximum Gasteiger partial charge on any atom is 0.338 e. The molecular weight excluding hydrogens is 396 g/mol. The van der Waals surface area contributed by atoms with Gasteiger partial charge in [-0.15, -0.1) is 0 Å². The predicted molar refractivity (Wildman–Crippen MR) is 106 cm³/mol. The molecule has 2 aromatic rings. The Hall–Kier alpha value is -2.49. The zero-order valence-corrected chi connectivity index (χ0v) is 17.5. The molecule has 1 aromatic heterocycles. The molecule has 156 valence electrons. The number of carbonyl (C=O) groups excluding carboxylic acids is 2. The third-order valence-corrected chi connectivity index (χ3v) is 7.02. The van der Waals surface area contributed by atoms with Gasteiger partial charge in [-0.25, -0.2) is 13.2 Å². The molecule has 0 atom stereocenters. The SMILES string of the molecule is Cc1cc(C(=O)COC(=O)c2ccc(S(=O)(=O)N3CCOCC3)cc2)c(C)n1C. The number of sulfonamides is 1. The molecule has 2 heterocycles. The molecule has 0 radical (unpaired) electrons. The Balaban J connectivity index is 1.64. The molecule has 1 aromatic carbocycles. The smallest absolute Gasteiger partial charge is 0.338 e. The van der Waals surface area contributed by atoms with E-state index in [1.807, 2.05) is 25.5 Å². The van der Waals surface area contributed by atoms with Crippen LogP contribution in [-0.4, -0.2) is 62.0 Å². The number of hydrogen-bond acceptors (Lipinski definition) is 6. The Morgan fingerprint density at radius 1 is 1.10 bits per heavy atom. The molecule has 0 spiro atoms. The summed E-state index contributed by atoms with van der Waals surface area (Å²) in [7, 11) is -1.77. The number of rotatable bonds is 6. The third kappa shape index (κ3) is 4.42. The number of ether oxygens (including phenoxy) is 2. The summed E-state index contributed by atoms with van der Waals surface area (Å²) in [5.74, 6) is -0.968. The molecular formula is C20H24N2O6S. The third-order valence-electron chi connectivity index (χ3n) is 5.11. The number of ketones is 1. The summed E-state index contributed by atoms with van der Waals surface area (Å²) in [6.07, 6.45) is 0. The number of esters is 1. The van der Waals surface area contributed by atoms with Gasteiger partial charge in [0.1, 0.15) is 0 Å². The van der Waals surface area contributed by atoms with E-state index in [-0.39, 0.29) is 22.8 Å². The van der Waals surface area contributed by atoms with Gasteiger partial charge in [-0.05, 0) is 44.2 Å². The zero-order chi connectivity index (χ0) is 21.2. The van der Waals surface area contributed by atoms with Gasteiger partial charge in [0.25, 0.3) is 0 Å². The van der Waals surface area contributed by atoms with E-state index in [0.29, 0.717) is 31.9 Å². The fourth-order valence-electron chi connectivity index (χ4n) is 3.13. The quantitative estimate of drug-likeness (QED) is 0.522. The lowest BCUT2D eigenvalue weighted by atomic mass is 10.1. The summed E-state index contributed by atoms with van der Waals surface area (Å²) >= 11 is 0. The molecule has 0 saturated carbocycles. The van der Waals surface area contributed by atoms with E-state index >= 15 is 0 Å². The number of nitrogens with zero attached hydrogens (tertiary/aromatic N) is 2. The van der Waals surface area contributed by atoms with Crippen LogP contribution in [0.4, 0.5) is 0 Å². The van der Waals surface area contributed by atoms with E-state index in [9.17, 15) is 18.0 Å². The monoisotopic (exact) mass is 420 g/mol. The molecule has 29 heavy (non-hydrogen) atoms. The van der Waals surface area contributed by atoms with Gasteiger partial charge in [0.2, 0.25) is 15.8 Å². The van der Waals surface area contributed by atoms with E-state index in [2.05, 4.69) is 0 Å². The molecule has 1 aliphatic rings. The molecule has 0 amide bonds. The minimum Gasteiger partial charge on any atom is -0.454 e. The highest BCUT2D eigenvalue weighted by atomic mass is 32.2. The number of aromatic nitrogens is 1. The van der Waals surface area contributed by atoms with Gasteiger partial charge in [0.15, 0.2) is 6.61 Å². The van der Waals surface area contributed by atoms with Crippen molar-refractivity contribution in [2.45, 2.75) is 18.7 Å². The number of aryl methyl sites for hydroxylation is 1. The van der Waals surface area contributed by atoms with Crippen molar-refractivity contribution in [2.75, 3.05) is 32.9 Å². The first-order valence-electron chi connectivity index (χ1n) is 9.23. The Bertz CT molecular complexity index is 1020. The van der Waals surface area contributed by atoms with Crippen LogP contribution in [0.25, 0.3) is 0 Å². The largest absolute Gasteiger partial charge is 0.454 e. The summed E-state index contributed by atoms with van der Waals surface area (Å²) < 4.78 is 38.8. The molecule has 3 rings (SSSR count). The minimum absolute atomic E-state index is 0.0995. The van der Waals surface area contributed by atoms with Crippen LogP contribution in [0.5, 0.6) is 0 Å². The highest BCUT2D eigenvalue weighted by molar-refractivity contribution is 7.89. The first-order valence-corrected chi connectivity index (χ1v) is 10.7. The second kappa shape index (κ2) is 8.48. The summed E-state index contributed by atoms with van der Waals surface area (Å²) in [5, 5.41) is 0. The molecule has 1 aliphatic heterocycles. The highest BCUT2D eigenvalue weighted by Crippen LogP contribution is 2.18. The summed E-state index contributed by atoms with van der Waals surface area (Å²) in [6, 6.07) is 7.27. The molecule has 0 bridgehead atoms. The highest BCUT2D eigenvalue weighted by Gasteiger charge is 2.26. The number of carbonyl (C=O) groups is 2. The second-order valence-electron chi connectivity index (χ2n) is 6.88. The van der Waals surface area contributed by atoms with Crippen molar-refractivity contribution in [1.29, 1.82) is 0 Å². The lowest BCUT2D eigenvalue weighted by molar-refractivity contribution is 0.0474. The van der Waals surface area contributed by atoms with Gasteiger partial charge in [-0.1, -0.05) is 0 Å². The number of benzene rings is 1. The first-order chi connectivity index (χ1) is 13.7. The molecule has 0 aliphatic carbocycles. The van der Waals surface area contributed by atoms with Crippen LogP contribution in [0, 0.1) is 13.8 Å². The maximum absolute atomic E-state index is 12.6. The first kappa shape index (κ1) is 21.2. The van der Waals surface area contributed by atoms with Crippen LogP contribution < -0.4 is 0 Å². The number of hydrogen-bond donors (Lipinski definition) is 0. The van der Waals surface area contributed by atoms with Crippen molar-refractivity contribution in [3.05, 3.63) is 52.8 Å². The molecule has 0 unspecified atom stereocenters. The Morgan fingerprint density at radius 3 is 2.28 bits per heavy atom. The van der Waals surface area contributed by atoms with Crippen molar-refractivity contribution in [3.8, 4) is 0 Å². The van der Waals surface area contributed by atoms with Crippen molar-refractivity contribution in [3.63, 3.8) is 0 Å². The van der Waals surface area contributed by atoms with Crippen LogP contribution in [0.1, 0.15) is 32.1 Å². The van der Waals surface area contributed by atoms with Gasteiger partial charge < -0.3 is 14.0 Å². The van der Waals surface area contributed by atoms with Crippen LogP contribution in [-0.2, 0) is 26.5 Å². The van der Waals surface area contributed by atoms with Crippen LogP contribution >= 0.6 is 0 Å². The Morgan fingerprint density at radius 2 is 1.72 bits per heavy atom. The number of morpholine rings is 1. The second-order valence-corrected chi connectivity index (χ2v) is 8.82. The average molecular weight is 420 g/mol. The summed E-state index contributed by atoms with van der Waals surface area (Å²) in [5.41, 5.74) is 2.44. The molecule has 1 fully saturated rings. The van der Waals surface area contributed by atoms with E-state index in [1.54, 1.807) is 6.07 Å². The Labute approximate surface area is 170 Å². The van der Waals surface area contributed by atoms with Crippen LogP contribution in [0.2, 0.25) is 0 Å². The van der Waals surface area contributed by atoms with E-state index in [4.69, 9.17) is 9.47 Å². The number of Topliss-reactive ketones (excluding diaryl/α,β-unsaturated/α-hetero) is 1. The summed E-state index contributed by atoms with van der Waals surface area (Å²) in [6.45, 7) is 4.66. The maximum atomic E-state index is 12.6. The van der Waals surface area contributed by atoms with E-state index in [0.717, 1.165) is 11.4 Å². The standard InChI is InChI=1S/C20H24N2O6S/c1-14-12-18(15(2)21(14)3)19(23)13-28-20(24)16-4-6-17(7-5-16)29(25,26)22-8-10-27-11-9-22/h4-7,12H,8-11,13H2,1-3H3. The average Bonchev–Trinajstić information content (AvgIpc) is 3.00. The molecule has 8 nitrogen and oxygen atoms in total. The zero-order valence-electron chi connectivity index (χ0n) is 16.7. The fourth-order valence-corrected chi connectivity index (χ4v) is 4.54. The minimum atomic E-state index is -3.63.